The van der Waals surface area contributed by atoms with Crippen molar-refractivity contribution in [1.29, 1.82) is 0 Å². The fraction of sp³-hybridized carbons (Fsp3) is 0.478. The molecular formula is C23H28N4O. The van der Waals surface area contributed by atoms with Gasteiger partial charge in [0.25, 0.3) is 0 Å². The Morgan fingerprint density at radius 3 is 3.00 bits per heavy atom. The molecule has 5 heteroatoms. The number of imidazole rings is 1. The van der Waals surface area contributed by atoms with Crippen LogP contribution < -0.4 is 10.6 Å². The van der Waals surface area contributed by atoms with Crippen LogP contribution in [0.4, 0.5) is 0 Å². The lowest BCUT2D eigenvalue weighted by Crippen LogP contribution is -2.39. The molecule has 1 fully saturated rings. The highest BCUT2D eigenvalue weighted by molar-refractivity contribution is 5.94. The molecule has 2 atom stereocenters. The van der Waals surface area contributed by atoms with E-state index >= 15 is 0 Å². The van der Waals surface area contributed by atoms with Gasteiger partial charge in [0.1, 0.15) is 5.82 Å². The number of aromatic amines is 1. The molecule has 0 spiro atoms. The Hall–Kier alpha value is -2.40. The van der Waals surface area contributed by atoms with Crippen LogP contribution in [0.3, 0.4) is 0 Å². The number of benzene rings is 1. The highest BCUT2D eigenvalue weighted by Gasteiger charge is 2.28. The maximum absolute atomic E-state index is 12.9. The Labute approximate surface area is 165 Å². The molecule has 1 aliphatic heterocycles. The molecule has 2 heterocycles. The number of nitrogens with zero attached hydrogens (tertiary/aromatic N) is 1. The van der Waals surface area contributed by atoms with Crippen LogP contribution in [0.5, 0.6) is 0 Å². The molecule has 146 valence electrons. The number of rotatable bonds is 3. The van der Waals surface area contributed by atoms with Crippen LogP contribution in [-0.4, -0.2) is 35.0 Å². The number of hydrogen-bond acceptors (Lipinski definition) is 3. The van der Waals surface area contributed by atoms with Gasteiger partial charge in [-0.3, -0.25) is 4.79 Å². The third-order valence-corrected chi connectivity index (χ3v) is 6.51. The topological polar surface area (TPSA) is 69.8 Å². The average molecular weight is 377 g/mol. The predicted octanol–water partition coefficient (Wildman–Crippen LogP) is 3.72. The molecule has 3 N–H and O–H groups in total. The summed E-state index contributed by atoms with van der Waals surface area (Å²) in [5, 5.41) is 6.74. The third-order valence-electron chi connectivity index (χ3n) is 6.51. The van der Waals surface area contributed by atoms with E-state index in [0.29, 0.717) is 5.92 Å². The zero-order chi connectivity index (χ0) is 18.9. The smallest absolute Gasteiger partial charge is 0.247 e. The average Bonchev–Trinajstić information content (AvgIpc) is 3.18. The lowest BCUT2D eigenvalue weighted by Gasteiger charge is -2.30. The van der Waals surface area contributed by atoms with Crippen LogP contribution in [0.2, 0.25) is 0 Å². The standard InChI is InChI=1S/C23H28N4O/c28-23(17-9-8-15-10-11-24-14-18(15)12-17)25-19-5-3-4-16(13-19)22-26-20-6-1-2-7-21(20)27-22/h1-2,6-7,12,16,19,24H,3-5,8-11,13-14H2,(H,25,28)(H,26,27). The van der Waals surface area contributed by atoms with Crippen molar-refractivity contribution in [3.05, 3.63) is 52.9 Å². The molecular weight excluding hydrogens is 348 g/mol. The number of fused-ring (bicyclic) bond motifs is 1. The lowest BCUT2D eigenvalue weighted by molar-refractivity contribution is -0.118. The van der Waals surface area contributed by atoms with Gasteiger partial charge in [0.05, 0.1) is 11.0 Å². The van der Waals surface area contributed by atoms with E-state index < -0.39 is 0 Å². The number of amides is 1. The predicted molar refractivity (Wildman–Crippen MR) is 111 cm³/mol. The van der Waals surface area contributed by atoms with Gasteiger partial charge in [0, 0.05) is 24.1 Å². The number of aromatic nitrogens is 2. The molecule has 1 aromatic heterocycles. The summed E-state index contributed by atoms with van der Waals surface area (Å²) in [5.74, 6) is 1.59. The van der Waals surface area contributed by atoms with Crippen molar-refractivity contribution in [3.8, 4) is 0 Å². The van der Waals surface area contributed by atoms with Crippen molar-refractivity contribution in [1.82, 2.24) is 20.6 Å². The van der Waals surface area contributed by atoms with Crippen LogP contribution in [-0.2, 0) is 4.79 Å². The Bertz CT molecular complexity index is 921. The Morgan fingerprint density at radius 2 is 2.07 bits per heavy atom. The first-order chi connectivity index (χ1) is 13.8. The monoisotopic (exact) mass is 376 g/mol. The number of nitrogens with one attached hydrogen (secondary N) is 3. The number of hydrogen-bond donors (Lipinski definition) is 3. The van der Waals surface area contributed by atoms with E-state index in [9.17, 15) is 4.79 Å². The van der Waals surface area contributed by atoms with Crippen molar-refractivity contribution >= 4 is 16.9 Å². The first-order valence-corrected chi connectivity index (χ1v) is 10.6. The summed E-state index contributed by atoms with van der Waals surface area (Å²) < 4.78 is 0. The molecule has 1 amide bonds. The molecule has 0 radical (unpaired) electrons. The highest BCUT2D eigenvalue weighted by Crippen LogP contribution is 2.33. The van der Waals surface area contributed by atoms with Crippen LogP contribution in [0.1, 0.15) is 56.7 Å². The minimum absolute atomic E-state index is 0.132. The third kappa shape index (κ3) is 3.51. The van der Waals surface area contributed by atoms with Crippen LogP contribution >= 0.6 is 0 Å². The molecule has 1 saturated carbocycles. The Kier molecular flexibility index (Phi) is 4.77. The first kappa shape index (κ1) is 17.7. The van der Waals surface area contributed by atoms with E-state index in [1.807, 2.05) is 12.1 Å². The van der Waals surface area contributed by atoms with E-state index in [4.69, 9.17) is 4.98 Å². The van der Waals surface area contributed by atoms with Gasteiger partial charge in [-0.1, -0.05) is 24.1 Å². The normalized spacial score (nSPS) is 25.4. The van der Waals surface area contributed by atoms with Gasteiger partial charge in [0.15, 0.2) is 0 Å². The molecule has 28 heavy (non-hydrogen) atoms. The molecule has 5 nitrogen and oxygen atoms in total. The Balaban J connectivity index is 1.26. The zero-order valence-electron chi connectivity index (χ0n) is 16.3. The van der Waals surface area contributed by atoms with E-state index in [-0.39, 0.29) is 11.9 Å². The second-order valence-electron chi connectivity index (χ2n) is 8.40. The number of para-hydroxylation sites is 2. The number of carbonyl (C=O) groups is 1. The van der Waals surface area contributed by atoms with Gasteiger partial charge in [-0.2, -0.15) is 0 Å². The quantitative estimate of drug-likeness (QED) is 0.765. The van der Waals surface area contributed by atoms with Gasteiger partial charge in [-0.05, 0) is 68.9 Å². The molecule has 0 bridgehead atoms. The summed E-state index contributed by atoms with van der Waals surface area (Å²) in [6.07, 6.45) is 9.48. The van der Waals surface area contributed by atoms with E-state index in [1.54, 1.807) is 0 Å². The van der Waals surface area contributed by atoms with E-state index in [0.717, 1.165) is 80.5 Å². The lowest BCUT2D eigenvalue weighted by atomic mass is 9.84. The number of H-pyrrole nitrogens is 1. The molecule has 5 rings (SSSR count). The summed E-state index contributed by atoms with van der Waals surface area (Å²) in [4.78, 5) is 21.2. The molecule has 2 aromatic rings. The summed E-state index contributed by atoms with van der Waals surface area (Å²) >= 11 is 0. The summed E-state index contributed by atoms with van der Waals surface area (Å²) in [6, 6.07) is 8.43. The summed E-state index contributed by atoms with van der Waals surface area (Å²) in [7, 11) is 0. The maximum Gasteiger partial charge on any atom is 0.247 e. The van der Waals surface area contributed by atoms with Gasteiger partial charge < -0.3 is 15.6 Å². The van der Waals surface area contributed by atoms with Crippen molar-refractivity contribution in [3.63, 3.8) is 0 Å². The molecule has 0 saturated heterocycles. The molecule has 2 aliphatic carbocycles. The molecule has 2 unspecified atom stereocenters. The Morgan fingerprint density at radius 1 is 1.14 bits per heavy atom. The fourth-order valence-electron chi connectivity index (χ4n) is 4.95. The second kappa shape index (κ2) is 7.55. The minimum Gasteiger partial charge on any atom is -0.350 e. The van der Waals surface area contributed by atoms with Crippen LogP contribution in [0, 0.1) is 0 Å². The fourth-order valence-corrected chi connectivity index (χ4v) is 4.95. The number of carbonyl (C=O) groups excluding carboxylic acids is 1. The second-order valence-corrected chi connectivity index (χ2v) is 8.40. The largest absolute Gasteiger partial charge is 0.350 e. The van der Waals surface area contributed by atoms with E-state index in [1.165, 1.54) is 11.1 Å². The first-order valence-electron chi connectivity index (χ1n) is 10.6. The van der Waals surface area contributed by atoms with Gasteiger partial charge in [0.2, 0.25) is 5.91 Å². The van der Waals surface area contributed by atoms with Crippen molar-refractivity contribution in [2.75, 3.05) is 13.1 Å². The zero-order valence-corrected chi connectivity index (χ0v) is 16.3. The molecule has 1 aromatic carbocycles. The van der Waals surface area contributed by atoms with Gasteiger partial charge in [-0.15, -0.1) is 0 Å². The van der Waals surface area contributed by atoms with Crippen LogP contribution in [0.25, 0.3) is 11.0 Å². The van der Waals surface area contributed by atoms with Gasteiger partial charge in [-0.25, -0.2) is 4.98 Å². The summed E-state index contributed by atoms with van der Waals surface area (Å²) in [5.41, 5.74) is 5.96. The van der Waals surface area contributed by atoms with E-state index in [2.05, 4.69) is 33.8 Å². The van der Waals surface area contributed by atoms with Gasteiger partial charge >= 0.3 is 0 Å². The minimum atomic E-state index is 0.132. The van der Waals surface area contributed by atoms with Crippen LogP contribution in [0.15, 0.2) is 47.1 Å². The van der Waals surface area contributed by atoms with Crippen molar-refractivity contribution < 1.29 is 4.79 Å². The van der Waals surface area contributed by atoms with Crippen molar-refractivity contribution in [2.24, 2.45) is 0 Å². The maximum atomic E-state index is 12.9. The summed E-state index contributed by atoms with van der Waals surface area (Å²) in [6.45, 7) is 1.98. The molecule has 3 aliphatic rings. The highest BCUT2D eigenvalue weighted by atomic mass is 16.1. The van der Waals surface area contributed by atoms with Crippen molar-refractivity contribution in [2.45, 2.75) is 56.9 Å². The SMILES string of the molecule is O=C(NC1CCCC(c2nc3ccccc3[nH]2)C1)C1=CC2=C(CCNC2)CC1.